The molecule has 0 spiro atoms. The topological polar surface area (TPSA) is 68.0 Å². The van der Waals surface area contributed by atoms with Gasteiger partial charge in [-0.3, -0.25) is 4.68 Å². The minimum absolute atomic E-state index is 0.262. The van der Waals surface area contributed by atoms with Crippen molar-refractivity contribution < 1.29 is 9.90 Å². The van der Waals surface area contributed by atoms with Crippen LogP contribution in [0.25, 0.3) is 22.2 Å². The van der Waals surface area contributed by atoms with Crippen molar-refractivity contribution in [1.29, 1.82) is 0 Å². The zero-order chi connectivity index (χ0) is 14.3. The number of fused-ring (bicyclic) bond motifs is 1. The van der Waals surface area contributed by atoms with Crippen LogP contribution in [0.1, 0.15) is 15.9 Å². The van der Waals surface area contributed by atoms with Crippen LogP contribution >= 0.6 is 0 Å². The lowest BCUT2D eigenvalue weighted by Gasteiger charge is -2.06. The summed E-state index contributed by atoms with van der Waals surface area (Å²) in [5.41, 5.74) is 3.37. The molecule has 1 aromatic carbocycles. The van der Waals surface area contributed by atoms with E-state index in [1.807, 2.05) is 38.4 Å². The van der Waals surface area contributed by atoms with E-state index in [1.165, 1.54) is 0 Å². The lowest BCUT2D eigenvalue weighted by Crippen LogP contribution is -2.00. The van der Waals surface area contributed by atoms with Gasteiger partial charge in [0.2, 0.25) is 0 Å². The number of carboxylic acids is 1. The molecule has 0 radical (unpaired) electrons. The van der Waals surface area contributed by atoms with Crippen molar-refractivity contribution in [3.05, 3.63) is 47.8 Å². The van der Waals surface area contributed by atoms with E-state index < -0.39 is 5.97 Å². The van der Waals surface area contributed by atoms with E-state index in [9.17, 15) is 9.90 Å². The van der Waals surface area contributed by atoms with Crippen LogP contribution in [-0.2, 0) is 7.05 Å². The standard InChI is InChI=1S/C15H13N3O2/c1-9-3-4-13-11(5-9)12(15(19)20)6-14(17-13)10-7-16-18(2)8-10/h3-8H,1-2H3,(H,19,20). The predicted molar refractivity (Wildman–Crippen MR) is 75.6 cm³/mol. The van der Waals surface area contributed by atoms with Gasteiger partial charge in [0.1, 0.15) is 0 Å². The average Bonchev–Trinajstić information content (AvgIpc) is 2.84. The molecular weight excluding hydrogens is 254 g/mol. The van der Waals surface area contributed by atoms with Crippen molar-refractivity contribution in [3.63, 3.8) is 0 Å². The molecule has 2 aromatic heterocycles. The fourth-order valence-corrected chi connectivity index (χ4v) is 2.22. The van der Waals surface area contributed by atoms with E-state index >= 15 is 0 Å². The van der Waals surface area contributed by atoms with Crippen LogP contribution in [0.2, 0.25) is 0 Å². The molecule has 0 fully saturated rings. The second-order valence-corrected chi connectivity index (χ2v) is 4.78. The van der Waals surface area contributed by atoms with Gasteiger partial charge in [0.05, 0.1) is 23.0 Å². The van der Waals surface area contributed by atoms with Crippen molar-refractivity contribution >= 4 is 16.9 Å². The summed E-state index contributed by atoms with van der Waals surface area (Å²) in [5, 5.41) is 14.2. The van der Waals surface area contributed by atoms with Gasteiger partial charge in [0.15, 0.2) is 0 Å². The maximum Gasteiger partial charge on any atom is 0.336 e. The van der Waals surface area contributed by atoms with Crippen LogP contribution < -0.4 is 0 Å². The molecule has 3 rings (SSSR count). The zero-order valence-electron chi connectivity index (χ0n) is 11.2. The van der Waals surface area contributed by atoms with Gasteiger partial charge in [-0.2, -0.15) is 5.10 Å². The average molecular weight is 267 g/mol. The molecule has 0 unspecified atom stereocenters. The molecule has 5 heteroatoms. The SMILES string of the molecule is Cc1ccc2nc(-c3cnn(C)c3)cc(C(=O)O)c2c1. The predicted octanol–water partition coefficient (Wildman–Crippen LogP) is 2.64. The van der Waals surface area contributed by atoms with Crippen LogP contribution in [0.5, 0.6) is 0 Å². The molecule has 0 saturated heterocycles. The fraction of sp³-hybridized carbons (Fsp3) is 0.133. The minimum atomic E-state index is -0.951. The van der Waals surface area contributed by atoms with Crippen molar-refractivity contribution in [2.24, 2.45) is 7.05 Å². The summed E-state index contributed by atoms with van der Waals surface area (Å²) in [4.78, 5) is 16.0. The Bertz CT molecular complexity index is 821. The number of nitrogens with zero attached hydrogens (tertiary/aromatic N) is 3. The number of carbonyl (C=O) groups is 1. The normalized spacial score (nSPS) is 10.9. The van der Waals surface area contributed by atoms with E-state index in [0.29, 0.717) is 16.6 Å². The highest BCUT2D eigenvalue weighted by Gasteiger charge is 2.13. The highest BCUT2D eigenvalue weighted by molar-refractivity contribution is 6.03. The maximum absolute atomic E-state index is 11.5. The van der Waals surface area contributed by atoms with E-state index in [4.69, 9.17) is 0 Å². The van der Waals surface area contributed by atoms with Crippen LogP contribution in [0, 0.1) is 6.92 Å². The summed E-state index contributed by atoms with van der Waals surface area (Å²) in [6, 6.07) is 7.21. The van der Waals surface area contributed by atoms with Crippen LogP contribution in [0.4, 0.5) is 0 Å². The molecule has 0 atom stereocenters. The minimum Gasteiger partial charge on any atom is -0.478 e. The van der Waals surface area contributed by atoms with E-state index in [1.54, 1.807) is 16.9 Å². The van der Waals surface area contributed by atoms with Crippen LogP contribution in [0.15, 0.2) is 36.7 Å². The Kier molecular flexibility index (Phi) is 2.75. The number of benzene rings is 1. The number of aromatic nitrogens is 3. The van der Waals surface area contributed by atoms with E-state index in [-0.39, 0.29) is 5.56 Å². The summed E-state index contributed by atoms with van der Waals surface area (Å²) >= 11 is 0. The molecule has 0 aliphatic rings. The summed E-state index contributed by atoms with van der Waals surface area (Å²) in [7, 11) is 1.81. The molecule has 0 aliphatic carbocycles. The van der Waals surface area contributed by atoms with E-state index in [2.05, 4.69) is 10.1 Å². The second-order valence-electron chi connectivity index (χ2n) is 4.78. The third kappa shape index (κ3) is 2.03. The summed E-state index contributed by atoms with van der Waals surface area (Å²) in [5.74, 6) is -0.951. The summed E-state index contributed by atoms with van der Waals surface area (Å²) in [6.45, 7) is 1.93. The Labute approximate surface area is 115 Å². The zero-order valence-corrected chi connectivity index (χ0v) is 11.2. The fourth-order valence-electron chi connectivity index (χ4n) is 2.22. The van der Waals surface area contributed by atoms with Crippen molar-refractivity contribution in [2.45, 2.75) is 6.92 Å². The highest BCUT2D eigenvalue weighted by atomic mass is 16.4. The third-order valence-corrected chi connectivity index (χ3v) is 3.20. The number of aryl methyl sites for hydroxylation is 2. The highest BCUT2D eigenvalue weighted by Crippen LogP contribution is 2.25. The maximum atomic E-state index is 11.5. The van der Waals surface area contributed by atoms with Gasteiger partial charge in [-0.1, -0.05) is 11.6 Å². The third-order valence-electron chi connectivity index (χ3n) is 3.20. The molecule has 0 saturated carbocycles. The molecule has 20 heavy (non-hydrogen) atoms. The van der Waals surface area contributed by atoms with Crippen LogP contribution in [0.3, 0.4) is 0 Å². The first-order valence-electron chi connectivity index (χ1n) is 6.18. The van der Waals surface area contributed by atoms with Gasteiger partial charge in [-0.15, -0.1) is 0 Å². The largest absolute Gasteiger partial charge is 0.478 e. The Morgan fingerprint density at radius 1 is 1.30 bits per heavy atom. The summed E-state index contributed by atoms with van der Waals surface area (Å²) < 4.78 is 1.66. The van der Waals surface area contributed by atoms with Gasteiger partial charge in [-0.05, 0) is 25.1 Å². The molecule has 0 amide bonds. The molecule has 0 aliphatic heterocycles. The second kappa shape index (κ2) is 4.45. The van der Waals surface area contributed by atoms with Crippen molar-refractivity contribution in [3.8, 4) is 11.3 Å². The lowest BCUT2D eigenvalue weighted by atomic mass is 10.0. The van der Waals surface area contributed by atoms with E-state index in [0.717, 1.165) is 11.1 Å². The number of pyridine rings is 1. The monoisotopic (exact) mass is 267 g/mol. The molecule has 5 nitrogen and oxygen atoms in total. The molecule has 3 aromatic rings. The number of rotatable bonds is 2. The Morgan fingerprint density at radius 3 is 2.75 bits per heavy atom. The number of aromatic carboxylic acids is 1. The Hall–Kier alpha value is -2.69. The number of hydrogen-bond donors (Lipinski definition) is 1. The van der Waals surface area contributed by atoms with Crippen molar-refractivity contribution in [1.82, 2.24) is 14.8 Å². The Morgan fingerprint density at radius 2 is 2.10 bits per heavy atom. The van der Waals surface area contributed by atoms with Gasteiger partial charge < -0.3 is 5.11 Å². The smallest absolute Gasteiger partial charge is 0.336 e. The van der Waals surface area contributed by atoms with Gasteiger partial charge in [0, 0.05) is 24.2 Å². The Balaban J connectivity index is 2.31. The quantitative estimate of drug-likeness (QED) is 0.775. The molecule has 1 N–H and O–H groups in total. The van der Waals surface area contributed by atoms with Gasteiger partial charge in [-0.25, -0.2) is 9.78 Å². The van der Waals surface area contributed by atoms with Gasteiger partial charge in [0.25, 0.3) is 0 Å². The first kappa shape index (κ1) is 12.3. The molecule has 0 bridgehead atoms. The molecular formula is C15H13N3O2. The van der Waals surface area contributed by atoms with Crippen molar-refractivity contribution in [2.75, 3.05) is 0 Å². The first-order valence-corrected chi connectivity index (χ1v) is 6.18. The molecule has 2 heterocycles. The van der Waals surface area contributed by atoms with Gasteiger partial charge >= 0.3 is 5.97 Å². The number of carboxylic acid groups (broad SMARTS) is 1. The lowest BCUT2D eigenvalue weighted by molar-refractivity contribution is 0.0699. The first-order chi connectivity index (χ1) is 9.54. The van der Waals surface area contributed by atoms with Crippen LogP contribution in [-0.4, -0.2) is 25.8 Å². The summed E-state index contributed by atoms with van der Waals surface area (Å²) in [6.07, 6.45) is 3.49. The molecule has 100 valence electrons. The number of hydrogen-bond acceptors (Lipinski definition) is 3.